The Morgan fingerprint density at radius 3 is 2.71 bits per heavy atom. The highest BCUT2D eigenvalue weighted by atomic mass is 32.1. The third-order valence-electron chi connectivity index (χ3n) is 3.25. The number of thiazole rings is 1. The number of hydrogen-bond acceptors (Lipinski definition) is 5. The molecular weight excluding hydrogens is 284 g/mol. The largest absolute Gasteiger partial charge is 0.409 e. The molecular formula is C15H20N4OS. The van der Waals surface area contributed by atoms with Crippen molar-refractivity contribution in [1.29, 1.82) is 0 Å². The topological polar surface area (TPSA) is 83.5 Å². The lowest BCUT2D eigenvalue weighted by Gasteiger charge is -2.30. The molecule has 0 saturated carbocycles. The summed E-state index contributed by atoms with van der Waals surface area (Å²) in [5.41, 5.74) is 6.49. The molecule has 2 aromatic rings. The number of nitrogens with one attached hydrogen (secondary N) is 1. The van der Waals surface area contributed by atoms with E-state index in [2.05, 4.69) is 29.3 Å². The van der Waals surface area contributed by atoms with Crippen molar-refractivity contribution in [3.63, 3.8) is 0 Å². The van der Waals surface area contributed by atoms with Gasteiger partial charge in [0.1, 0.15) is 10.8 Å². The van der Waals surface area contributed by atoms with Crippen LogP contribution in [0.2, 0.25) is 0 Å². The molecule has 1 unspecified atom stereocenters. The maximum absolute atomic E-state index is 8.84. The number of oxime groups is 1. The highest BCUT2D eigenvalue weighted by Gasteiger charge is 2.27. The van der Waals surface area contributed by atoms with Gasteiger partial charge >= 0.3 is 0 Å². The highest BCUT2D eigenvalue weighted by molar-refractivity contribution is 7.09. The van der Waals surface area contributed by atoms with Crippen molar-refractivity contribution in [1.82, 2.24) is 10.3 Å². The Morgan fingerprint density at radius 1 is 1.43 bits per heavy atom. The zero-order valence-corrected chi connectivity index (χ0v) is 13.0. The molecule has 4 N–H and O–H groups in total. The van der Waals surface area contributed by atoms with E-state index in [1.807, 2.05) is 35.7 Å². The van der Waals surface area contributed by atoms with Crippen LogP contribution in [0, 0.1) is 0 Å². The van der Waals surface area contributed by atoms with Crippen molar-refractivity contribution < 1.29 is 5.21 Å². The third kappa shape index (κ3) is 4.03. The fourth-order valence-corrected chi connectivity index (χ4v) is 2.94. The van der Waals surface area contributed by atoms with Gasteiger partial charge in [0, 0.05) is 24.0 Å². The van der Waals surface area contributed by atoms with E-state index < -0.39 is 0 Å². The quantitative estimate of drug-likeness (QED) is 0.332. The van der Waals surface area contributed by atoms with Crippen LogP contribution in [0.15, 0.2) is 47.1 Å². The van der Waals surface area contributed by atoms with Crippen molar-refractivity contribution in [2.75, 3.05) is 0 Å². The second-order valence-electron chi connectivity index (χ2n) is 5.37. The van der Waals surface area contributed by atoms with Gasteiger partial charge in [0.2, 0.25) is 0 Å². The summed E-state index contributed by atoms with van der Waals surface area (Å²) < 4.78 is 0. The van der Waals surface area contributed by atoms with Gasteiger partial charge in [-0.25, -0.2) is 4.98 Å². The van der Waals surface area contributed by atoms with E-state index in [4.69, 9.17) is 10.9 Å². The maximum Gasteiger partial charge on any atom is 0.141 e. The number of benzene rings is 1. The van der Waals surface area contributed by atoms with E-state index in [1.165, 1.54) is 0 Å². The van der Waals surface area contributed by atoms with E-state index in [-0.39, 0.29) is 17.4 Å². The Labute approximate surface area is 128 Å². The number of aromatic nitrogens is 1. The minimum Gasteiger partial charge on any atom is -0.409 e. The Kier molecular flexibility index (Phi) is 4.93. The van der Waals surface area contributed by atoms with E-state index >= 15 is 0 Å². The predicted octanol–water partition coefficient (Wildman–Crippen LogP) is 2.85. The summed E-state index contributed by atoms with van der Waals surface area (Å²) in [4.78, 5) is 4.38. The Morgan fingerprint density at radius 2 is 2.14 bits per heavy atom. The summed E-state index contributed by atoms with van der Waals surface area (Å²) in [6, 6.07) is 9.93. The van der Waals surface area contributed by atoms with Gasteiger partial charge in [0.15, 0.2) is 0 Å². The van der Waals surface area contributed by atoms with Crippen molar-refractivity contribution in [3.8, 4) is 0 Å². The van der Waals surface area contributed by atoms with Crippen LogP contribution in [0.5, 0.6) is 0 Å². The fourth-order valence-electron chi connectivity index (χ4n) is 2.22. The van der Waals surface area contributed by atoms with Gasteiger partial charge in [-0.05, 0) is 19.4 Å². The van der Waals surface area contributed by atoms with Crippen LogP contribution < -0.4 is 11.1 Å². The average molecular weight is 304 g/mol. The standard InChI is InChI=1S/C15H20N4OS/c1-15(2,14-17-8-9-21-14)18-12(10-13(16)19-20)11-6-4-3-5-7-11/h3-9,12,18,20H,10H2,1-2H3,(H2,16,19). The first kappa shape index (κ1) is 15.5. The molecule has 5 nitrogen and oxygen atoms in total. The van der Waals surface area contributed by atoms with Crippen LogP contribution >= 0.6 is 11.3 Å². The molecule has 0 saturated heterocycles. The van der Waals surface area contributed by atoms with Gasteiger partial charge in [-0.3, -0.25) is 5.32 Å². The molecule has 21 heavy (non-hydrogen) atoms. The lowest BCUT2D eigenvalue weighted by atomic mass is 9.98. The summed E-state index contributed by atoms with van der Waals surface area (Å²) in [7, 11) is 0. The summed E-state index contributed by atoms with van der Waals surface area (Å²) >= 11 is 1.61. The first-order chi connectivity index (χ1) is 10.0. The lowest BCUT2D eigenvalue weighted by molar-refractivity contribution is 0.311. The minimum absolute atomic E-state index is 0.0546. The number of rotatable bonds is 6. The molecule has 6 heteroatoms. The predicted molar refractivity (Wildman–Crippen MR) is 85.5 cm³/mol. The smallest absolute Gasteiger partial charge is 0.141 e. The maximum atomic E-state index is 8.84. The molecule has 0 amide bonds. The minimum atomic E-state index is -0.301. The van der Waals surface area contributed by atoms with Gasteiger partial charge < -0.3 is 10.9 Å². The third-order valence-corrected chi connectivity index (χ3v) is 4.34. The highest BCUT2D eigenvalue weighted by Crippen LogP contribution is 2.28. The van der Waals surface area contributed by atoms with Crippen LogP contribution in [0.4, 0.5) is 0 Å². The summed E-state index contributed by atoms with van der Waals surface area (Å²) in [6.45, 7) is 4.15. The first-order valence-electron chi connectivity index (χ1n) is 6.72. The Balaban J connectivity index is 2.24. The van der Waals surface area contributed by atoms with Crippen LogP contribution in [-0.4, -0.2) is 16.0 Å². The van der Waals surface area contributed by atoms with Crippen molar-refractivity contribution in [3.05, 3.63) is 52.5 Å². The first-order valence-corrected chi connectivity index (χ1v) is 7.60. The van der Waals surface area contributed by atoms with Crippen LogP contribution in [0.25, 0.3) is 0 Å². The molecule has 112 valence electrons. The number of hydrogen-bond donors (Lipinski definition) is 3. The normalized spacial score (nSPS) is 14.1. The molecule has 0 radical (unpaired) electrons. The molecule has 0 aliphatic heterocycles. The molecule has 2 rings (SSSR count). The van der Waals surface area contributed by atoms with Crippen molar-refractivity contribution in [2.45, 2.75) is 31.8 Å². The molecule has 0 aliphatic rings. The Hall–Kier alpha value is -1.92. The van der Waals surface area contributed by atoms with E-state index in [9.17, 15) is 0 Å². The molecule has 0 spiro atoms. The molecule has 0 aliphatic carbocycles. The summed E-state index contributed by atoms with van der Waals surface area (Å²) in [5.74, 6) is 0.200. The SMILES string of the molecule is CC(C)(NC(C/C(N)=N/O)c1ccccc1)c1nccs1. The van der Waals surface area contributed by atoms with E-state index in [0.717, 1.165) is 10.6 Å². The Bertz CT molecular complexity index is 581. The van der Waals surface area contributed by atoms with Gasteiger partial charge in [-0.1, -0.05) is 35.5 Å². The number of amidine groups is 1. The summed E-state index contributed by atoms with van der Waals surface area (Å²) in [5, 5.41) is 18.4. The number of nitrogens with zero attached hydrogens (tertiary/aromatic N) is 2. The molecule has 1 aromatic heterocycles. The van der Waals surface area contributed by atoms with Gasteiger partial charge in [-0.15, -0.1) is 11.3 Å². The molecule has 1 heterocycles. The second kappa shape index (κ2) is 6.69. The van der Waals surface area contributed by atoms with Crippen LogP contribution in [0.1, 0.15) is 36.9 Å². The second-order valence-corrected chi connectivity index (χ2v) is 6.26. The van der Waals surface area contributed by atoms with E-state index in [1.54, 1.807) is 17.5 Å². The van der Waals surface area contributed by atoms with Crippen LogP contribution in [0.3, 0.4) is 0 Å². The zero-order valence-electron chi connectivity index (χ0n) is 12.2. The average Bonchev–Trinajstić information content (AvgIpc) is 3.02. The lowest BCUT2D eigenvalue weighted by Crippen LogP contribution is -2.40. The van der Waals surface area contributed by atoms with Crippen LogP contribution in [-0.2, 0) is 5.54 Å². The fraction of sp³-hybridized carbons (Fsp3) is 0.333. The molecule has 0 fully saturated rings. The summed E-state index contributed by atoms with van der Waals surface area (Å²) in [6.07, 6.45) is 2.22. The van der Waals surface area contributed by atoms with Gasteiger partial charge in [0.05, 0.1) is 5.54 Å². The van der Waals surface area contributed by atoms with Crippen molar-refractivity contribution in [2.24, 2.45) is 10.9 Å². The monoisotopic (exact) mass is 304 g/mol. The number of nitrogens with two attached hydrogens (primary N) is 1. The van der Waals surface area contributed by atoms with Gasteiger partial charge in [0.25, 0.3) is 0 Å². The molecule has 1 aromatic carbocycles. The molecule has 0 bridgehead atoms. The van der Waals surface area contributed by atoms with E-state index in [0.29, 0.717) is 6.42 Å². The zero-order chi connectivity index (χ0) is 15.3. The van der Waals surface area contributed by atoms with Gasteiger partial charge in [-0.2, -0.15) is 0 Å². The molecule has 1 atom stereocenters. The van der Waals surface area contributed by atoms with Crippen molar-refractivity contribution >= 4 is 17.2 Å².